The molecule has 1 aliphatic heterocycles. The lowest BCUT2D eigenvalue weighted by Gasteiger charge is -2.16. The standard InChI is InChI=1S/C26H24N2O4/c1-17-9-11-18(12-10-17)16-28-25(29)23(19-7-5-4-6-8-19)24(26(28)30)27-20-13-14-21(31-2)22(15-20)32-3/h4-15,27H,16H2,1-3H3. The van der Waals surface area contributed by atoms with E-state index in [-0.39, 0.29) is 24.1 Å². The van der Waals surface area contributed by atoms with Crippen molar-refractivity contribution >= 4 is 23.1 Å². The number of nitrogens with zero attached hydrogens (tertiary/aromatic N) is 1. The number of rotatable bonds is 7. The second kappa shape index (κ2) is 8.98. The number of benzene rings is 3. The Morgan fingerprint density at radius 2 is 1.50 bits per heavy atom. The van der Waals surface area contributed by atoms with Gasteiger partial charge in [-0.3, -0.25) is 14.5 Å². The first-order valence-electron chi connectivity index (χ1n) is 10.2. The van der Waals surface area contributed by atoms with Crippen LogP contribution in [0.25, 0.3) is 5.57 Å². The third-order valence-electron chi connectivity index (χ3n) is 5.34. The molecule has 0 aliphatic carbocycles. The number of hydrogen-bond donors (Lipinski definition) is 1. The zero-order valence-electron chi connectivity index (χ0n) is 18.2. The molecule has 3 aromatic carbocycles. The highest BCUT2D eigenvalue weighted by molar-refractivity contribution is 6.36. The first-order chi connectivity index (χ1) is 15.5. The largest absolute Gasteiger partial charge is 0.493 e. The van der Waals surface area contributed by atoms with Gasteiger partial charge in [-0.2, -0.15) is 0 Å². The van der Waals surface area contributed by atoms with Crippen LogP contribution >= 0.6 is 0 Å². The molecule has 0 atom stereocenters. The zero-order chi connectivity index (χ0) is 22.7. The van der Waals surface area contributed by atoms with Crippen molar-refractivity contribution in [1.82, 2.24) is 4.90 Å². The van der Waals surface area contributed by atoms with Crippen molar-refractivity contribution in [3.63, 3.8) is 0 Å². The fraction of sp³-hybridized carbons (Fsp3) is 0.154. The summed E-state index contributed by atoms with van der Waals surface area (Å²) in [5.41, 5.74) is 3.88. The van der Waals surface area contributed by atoms with E-state index in [4.69, 9.17) is 9.47 Å². The molecule has 0 radical (unpaired) electrons. The third kappa shape index (κ3) is 4.07. The van der Waals surface area contributed by atoms with Gasteiger partial charge < -0.3 is 14.8 Å². The highest BCUT2D eigenvalue weighted by Gasteiger charge is 2.39. The normalized spacial score (nSPS) is 13.5. The van der Waals surface area contributed by atoms with Gasteiger partial charge in [0.15, 0.2) is 11.5 Å². The molecule has 162 valence electrons. The van der Waals surface area contributed by atoms with E-state index in [9.17, 15) is 9.59 Å². The van der Waals surface area contributed by atoms with E-state index in [1.54, 1.807) is 32.4 Å². The molecular weight excluding hydrogens is 404 g/mol. The number of carbonyl (C=O) groups is 2. The van der Waals surface area contributed by atoms with Gasteiger partial charge in [0.2, 0.25) is 0 Å². The number of carbonyl (C=O) groups excluding carboxylic acids is 2. The van der Waals surface area contributed by atoms with Crippen LogP contribution in [0.1, 0.15) is 16.7 Å². The van der Waals surface area contributed by atoms with Crippen molar-refractivity contribution in [2.24, 2.45) is 0 Å². The average molecular weight is 428 g/mol. The summed E-state index contributed by atoms with van der Waals surface area (Å²) >= 11 is 0. The molecule has 0 saturated heterocycles. The van der Waals surface area contributed by atoms with Gasteiger partial charge in [-0.05, 0) is 30.2 Å². The molecule has 6 nitrogen and oxygen atoms in total. The van der Waals surface area contributed by atoms with Gasteiger partial charge in [-0.25, -0.2) is 0 Å². The molecule has 0 unspecified atom stereocenters. The van der Waals surface area contributed by atoms with Crippen LogP contribution < -0.4 is 14.8 Å². The summed E-state index contributed by atoms with van der Waals surface area (Å²) in [6.45, 7) is 2.20. The summed E-state index contributed by atoms with van der Waals surface area (Å²) in [6.07, 6.45) is 0. The summed E-state index contributed by atoms with van der Waals surface area (Å²) in [5, 5.41) is 3.15. The van der Waals surface area contributed by atoms with Crippen molar-refractivity contribution in [3.05, 3.63) is 95.2 Å². The Kier molecular flexibility index (Phi) is 5.94. The van der Waals surface area contributed by atoms with Gasteiger partial charge in [0, 0.05) is 11.8 Å². The summed E-state index contributed by atoms with van der Waals surface area (Å²) < 4.78 is 10.7. The predicted molar refractivity (Wildman–Crippen MR) is 123 cm³/mol. The van der Waals surface area contributed by atoms with Crippen LogP contribution in [0.2, 0.25) is 0 Å². The first kappa shape index (κ1) is 21.2. The Labute approximate surface area is 187 Å². The summed E-state index contributed by atoms with van der Waals surface area (Å²) in [7, 11) is 3.10. The van der Waals surface area contributed by atoms with Gasteiger partial charge in [-0.1, -0.05) is 60.2 Å². The summed E-state index contributed by atoms with van der Waals surface area (Å²) in [5.74, 6) is 0.395. The fourth-order valence-electron chi connectivity index (χ4n) is 3.64. The maximum Gasteiger partial charge on any atom is 0.278 e. The zero-order valence-corrected chi connectivity index (χ0v) is 18.2. The smallest absolute Gasteiger partial charge is 0.278 e. The second-order valence-electron chi connectivity index (χ2n) is 7.49. The Hall–Kier alpha value is -4.06. The van der Waals surface area contributed by atoms with E-state index >= 15 is 0 Å². The Morgan fingerprint density at radius 3 is 2.16 bits per heavy atom. The van der Waals surface area contributed by atoms with E-state index in [2.05, 4.69) is 5.32 Å². The van der Waals surface area contributed by atoms with E-state index in [0.29, 0.717) is 28.3 Å². The van der Waals surface area contributed by atoms with Crippen LogP contribution in [0.5, 0.6) is 11.5 Å². The van der Waals surface area contributed by atoms with Crippen LogP contribution in [0.4, 0.5) is 5.69 Å². The molecule has 0 saturated carbocycles. The molecular formula is C26H24N2O4. The van der Waals surface area contributed by atoms with Crippen molar-refractivity contribution in [2.45, 2.75) is 13.5 Å². The Morgan fingerprint density at radius 1 is 0.812 bits per heavy atom. The summed E-state index contributed by atoms with van der Waals surface area (Å²) in [4.78, 5) is 28.0. The van der Waals surface area contributed by atoms with Gasteiger partial charge in [0.1, 0.15) is 5.70 Å². The SMILES string of the molecule is COc1ccc(NC2=C(c3ccccc3)C(=O)N(Cc3ccc(C)cc3)C2=O)cc1OC. The minimum atomic E-state index is -0.371. The maximum atomic E-state index is 13.4. The quantitative estimate of drug-likeness (QED) is 0.565. The van der Waals surface area contributed by atoms with Gasteiger partial charge in [0.05, 0.1) is 26.3 Å². The number of imide groups is 1. The van der Waals surface area contributed by atoms with E-state index < -0.39 is 0 Å². The van der Waals surface area contributed by atoms with Crippen LogP contribution in [0, 0.1) is 6.92 Å². The molecule has 3 aromatic rings. The van der Waals surface area contributed by atoms with Gasteiger partial charge in [-0.15, -0.1) is 0 Å². The molecule has 32 heavy (non-hydrogen) atoms. The second-order valence-corrected chi connectivity index (χ2v) is 7.49. The Balaban J connectivity index is 1.72. The number of anilines is 1. The molecule has 0 fully saturated rings. The lowest BCUT2D eigenvalue weighted by Crippen LogP contribution is -2.32. The first-order valence-corrected chi connectivity index (χ1v) is 10.2. The molecule has 0 spiro atoms. The predicted octanol–water partition coefficient (Wildman–Crippen LogP) is 4.40. The van der Waals surface area contributed by atoms with Crippen LogP contribution in [0.15, 0.2) is 78.5 Å². The lowest BCUT2D eigenvalue weighted by molar-refractivity contribution is -0.137. The third-order valence-corrected chi connectivity index (χ3v) is 5.34. The maximum absolute atomic E-state index is 13.4. The summed E-state index contributed by atoms with van der Waals surface area (Å²) in [6, 6.07) is 22.3. The molecule has 0 bridgehead atoms. The minimum Gasteiger partial charge on any atom is -0.493 e. The monoisotopic (exact) mass is 428 g/mol. The fourth-order valence-corrected chi connectivity index (χ4v) is 3.64. The van der Waals surface area contributed by atoms with Gasteiger partial charge >= 0.3 is 0 Å². The lowest BCUT2D eigenvalue weighted by atomic mass is 10.0. The van der Waals surface area contributed by atoms with E-state index in [1.807, 2.05) is 61.5 Å². The number of hydrogen-bond acceptors (Lipinski definition) is 5. The molecule has 1 N–H and O–H groups in total. The van der Waals surface area contributed by atoms with Crippen molar-refractivity contribution in [2.75, 3.05) is 19.5 Å². The number of amides is 2. The van der Waals surface area contributed by atoms with Crippen molar-refractivity contribution in [1.29, 1.82) is 0 Å². The molecule has 0 aromatic heterocycles. The number of aryl methyl sites for hydroxylation is 1. The molecule has 4 rings (SSSR count). The highest BCUT2D eigenvalue weighted by Crippen LogP contribution is 2.34. The van der Waals surface area contributed by atoms with Crippen molar-refractivity contribution < 1.29 is 19.1 Å². The van der Waals surface area contributed by atoms with Crippen LogP contribution in [-0.4, -0.2) is 30.9 Å². The van der Waals surface area contributed by atoms with E-state index in [0.717, 1.165) is 11.1 Å². The molecule has 6 heteroatoms. The van der Waals surface area contributed by atoms with Crippen LogP contribution in [-0.2, 0) is 16.1 Å². The van der Waals surface area contributed by atoms with Gasteiger partial charge in [0.25, 0.3) is 11.8 Å². The molecule has 1 heterocycles. The number of ether oxygens (including phenoxy) is 2. The minimum absolute atomic E-state index is 0.200. The van der Waals surface area contributed by atoms with Crippen LogP contribution in [0.3, 0.4) is 0 Å². The number of methoxy groups -OCH3 is 2. The van der Waals surface area contributed by atoms with Crippen molar-refractivity contribution in [3.8, 4) is 11.5 Å². The van der Waals surface area contributed by atoms with E-state index in [1.165, 1.54) is 4.90 Å². The highest BCUT2D eigenvalue weighted by atomic mass is 16.5. The average Bonchev–Trinajstić information content (AvgIpc) is 3.05. The topological polar surface area (TPSA) is 67.9 Å². The molecule has 1 aliphatic rings. The molecule has 2 amide bonds. The number of nitrogens with one attached hydrogen (secondary N) is 1. The Bertz CT molecular complexity index is 1180.